The van der Waals surface area contributed by atoms with Gasteiger partial charge >= 0.3 is 6.03 Å². The molecule has 6 heteroatoms. The van der Waals surface area contributed by atoms with E-state index in [0.717, 1.165) is 23.2 Å². The smallest absolute Gasteiger partial charge is 0.326 e. The van der Waals surface area contributed by atoms with Gasteiger partial charge in [0.05, 0.1) is 0 Å². The van der Waals surface area contributed by atoms with Crippen LogP contribution < -0.4 is 16.4 Å². The van der Waals surface area contributed by atoms with Gasteiger partial charge in [-0.05, 0) is 29.8 Å². The van der Waals surface area contributed by atoms with E-state index >= 15 is 0 Å². The number of nitrogens with one attached hydrogen (secondary N) is 3. The molecule has 5 N–H and O–H groups in total. The molecule has 0 saturated heterocycles. The lowest BCUT2D eigenvalue weighted by molar-refractivity contribution is -0.115. The topological polar surface area (TPSA) is 100 Å². The fourth-order valence-corrected chi connectivity index (χ4v) is 1.53. The predicted octanol–water partition coefficient (Wildman–Crippen LogP) is 1.29. The van der Waals surface area contributed by atoms with Crippen molar-refractivity contribution in [3.8, 4) is 0 Å². The van der Waals surface area contributed by atoms with Gasteiger partial charge in [-0.3, -0.25) is 10.1 Å². The zero-order valence-electron chi connectivity index (χ0n) is 9.44. The average molecular weight is 244 g/mol. The second kappa shape index (κ2) is 5.05. The number of aromatic amines is 1. The quantitative estimate of drug-likeness (QED) is 0.599. The largest absolute Gasteiger partial charge is 0.404 e. The number of anilines is 1. The van der Waals surface area contributed by atoms with Crippen molar-refractivity contribution in [2.24, 2.45) is 5.73 Å². The number of aromatic nitrogens is 1. The van der Waals surface area contributed by atoms with Crippen LogP contribution in [-0.4, -0.2) is 16.9 Å². The lowest BCUT2D eigenvalue weighted by Crippen LogP contribution is -2.33. The number of carbonyl (C=O) groups is 2. The third-order valence-electron chi connectivity index (χ3n) is 2.30. The van der Waals surface area contributed by atoms with Crippen molar-refractivity contribution in [1.82, 2.24) is 10.3 Å². The number of H-pyrrole nitrogens is 1. The summed E-state index contributed by atoms with van der Waals surface area (Å²) in [5.74, 6) is -0.573. The molecule has 2 aromatic rings. The summed E-state index contributed by atoms with van der Waals surface area (Å²) in [6.07, 6.45) is 3.94. The molecule has 0 unspecified atom stereocenters. The van der Waals surface area contributed by atoms with E-state index in [2.05, 4.69) is 15.6 Å². The van der Waals surface area contributed by atoms with E-state index in [1.54, 1.807) is 12.1 Å². The zero-order chi connectivity index (χ0) is 13.0. The number of hydrogen-bond acceptors (Lipinski definition) is 3. The summed E-state index contributed by atoms with van der Waals surface area (Å²) in [4.78, 5) is 25.5. The van der Waals surface area contributed by atoms with Crippen LogP contribution in [0, 0.1) is 0 Å². The minimum atomic E-state index is -0.607. The third kappa shape index (κ3) is 2.67. The lowest BCUT2D eigenvalue weighted by atomic mass is 10.2. The highest BCUT2D eigenvalue weighted by Crippen LogP contribution is 2.17. The van der Waals surface area contributed by atoms with Crippen LogP contribution in [0.3, 0.4) is 0 Å². The van der Waals surface area contributed by atoms with Gasteiger partial charge in [0, 0.05) is 23.5 Å². The molecule has 2 rings (SSSR count). The number of hydrogen-bond donors (Lipinski definition) is 4. The van der Waals surface area contributed by atoms with Crippen LogP contribution >= 0.6 is 0 Å². The lowest BCUT2D eigenvalue weighted by Gasteiger charge is -2.05. The number of benzene rings is 1. The summed E-state index contributed by atoms with van der Waals surface area (Å²) < 4.78 is 0. The summed E-state index contributed by atoms with van der Waals surface area (Å²) in [6.45, 7) is 0. The maximum atomic E-state index is 11.4. The van der Waals surface area contributed by atoms with Crippen molar-refractivity contribution in [3.63, 3.8) is 0 Å². The summed E-state index contributed by atoms with van der Waals surface area (Å²) >= 11 is 0. The first-order valence-corrected chi connectivity index (χ1v) is 5.26. The Kier molecular flexibility index (Phi) is 3.29. The molecule has 1 aromatic heterocycles. The summed E-state index contributed by atoms with van der Waals surface area (Å²) in [6, 6.07) is 6.71. The van der Waals surface area contributed by atoms with Crippen LogP contribution in [0.1, 0.15) is 0 Å². The van der Waals surface area contributed by atoms with E-state index in [4.69, 9.17) is 5.73 Å². The first kappa shape index (κ1) is 11.7. The molecule has 18 heavy (non-hydrogen) atoms. The SMILES string of the molecule is NC=CC(=O)NC(=O)Nc1ccc2cc[nH]c2c1. The molecule has 92 valence electrons. The van der Waals surface area contributed by atoms with Crippen molar-refractivity contribution < 1.29 is 9.59 Å². The molecule has 3 amide bonds. The van der Waals surface area contributed by atoms with E-state index in [1.807, 2.05) is 18.3 Å². The summed E-state index contributed by atoms with van der Waals surface area (Å²) in [5, 5.41) is 5.70. The van der Waals surface area contributed by atoms with E-state index in [-0.39, 0.29) is 0 Å². The molecule has 0 aliphatic rings. The Labute approximate surface area is 103 Å². The molecule has 1 aromatic carbocycles. The molecule has 0 bridgehead atoms. The van der Waals surface area contributed by atoms with Gasteiger partial charge < -0.3 is 16.0 Å². The molecule has 0 aliphatic heterocycles. The van der Waals surface area contributed by atoms with Crippen LogP contribution in [0.5, 0.6) is 0 Å². The van der Waals surface area contributed by atoms with Gasteiger partial charge in [-0.15, -0.1) is 0 Å². The maximum Gasteiger partial charge on any atom is 0.326 e. The Balaban J connectivity index is 2.04. The van der Waals surface area contributed by atoms with E-state index in [0.29, 0.717) is 5.69 Å². The van der Waals surface area contributed by atoms with Crippen molar-refractivity contribution in [1.29, 1.82) is 0 Å². The second-order valence-corrected chi connectivity index (χ2v) is 3.58. The molecule has 6 nitrogen and oxygen atoms in total. The van der Waals surface area contributed by atoms with Gasteiger partial charge in [0.1, 0.15) is 0 Å². The standard InChI is InChI=1S/C12H12N4O2/c13-5-3-11(17)16-12(18)15-9-2-1-8-4-6-14-10(8)7-9/h1-7,14H,13H2,(H2,15,16,17,18). The summed E-state index contributed by atoms with van der Waals surface area (Å²) in [7, 11) is 0. The zero-order valence-corrected chi connectivity index (χ0v) is 9.44. The van der Waals surface area contributed by atoms with Gasteiger partial charge in [-0.25, -0.2) is 4.79 Å². The van der Waals surface area contributed by atoms with Gasteiger partial charge in [0.15, 0.2) is 0 Å². The molecule has 0 radical (unpaired) electrons. The second-order valence-electron chi connectivity index (χ2n) is 3.58. The molecular formula is C12H12N4O2. The number of nitrogens with two attached hydrogens (primary N) is 1. The van der Waals surface area contributed by atoms with E-state index in [1.165, 1.54) is 0 Å². The third-order valence-corrected chi connectivity index (χ3v) is 2.30. The molecule has 0 fully saturated rings. The van der Waals surface area contributed by atoms with Crippen LogP contribution in [-0.2, 0) is 4.79 Å². The van der Waals surface area contributed by atoms with Gasteiger partial charge in [-0.1, -0.05) is 6.07 Å². The number of carbonyl (C=O) groups excluding carboxylic acids is 2. The molecule has 0 saturated carbocycles. The number of fused-ring (bicyclic) bond motifs is 1. The highest BCUT2D eigenvalue weighted by Gasteiger charge is 2.05. The maximum absolute atomic E-state index is 11.4. The first-order chi connectivity index (χ1) is 8.69. The minimum Gasteiger partial charge on any atom is -0.404 e. The average Bonchev–Trinajstić information content (AvgIpc) is 2.76. The molecular weight excluding hydrogens is 232 g/mol. The van der Waals surface area contributed by atoms with Gasteiger partial charge in [0.2, 0.25) is 0 Å². The first-order valence-electron chi connectivity index (χ1n) is 5.26. The fourth-order valence-electron chi connectivity index (χ4n) is 1.53. The Bertz CT molecular complexity index is 615. The van der Waals surface area contributed by atoms with Crippen molar-refractivity contribution >= 4 is 28.5 Å². The van der Waals surface area contributed by atoms with Crippen LogP contribution in [0.15, 0.2) is 42.7 Å². The Morgan fingerprint density at radius 2 is 2.11 bits per heavy atom. The summed E-state index contributed by atoms with van der Waals surface area (Å²) in [5.41, 5.74) is 6.52. The Hall–Kier alpha value is -2.76. The van der Waals surface area contributed by atoms with Gasteiger partial charge in [-0.2, -0.15) is 0 Å². The normalized spacial score (nSPS) is 10.7. The molecule has 0 spiro atoms. The molecule has 0 aliphatic carbocycles. The number of imide groups is 1. The Morgan fingerprint density at radius 3 is 2.89 bits per heavy atom. The number of amides is 3. The predicted molar refractivity (Wildman–Crippen MR) is 68.8 cm³/mol. The van der Waals surface area contributed by atoms with Crippen LogP contribution in [0.2, 0.25) is 0 Å². The highest BCUT2D eigenvalue weighted by molar-refractivity contribution is 6.05. The highest BCUT2D eigenvalue weighted by atomic mass is 16.2. The van der Waals surface area contributed by atoms with Gasteiger partial charge in [0.25, 0.3) is 5.91 Å². The Morgan fingerprint density at radius 1 is 1.28 bits per heavy atom. The number of rotatable bonds is 2. The molecule has 1 heterocycles. The van der Waals surface area contributed by atoms with Crippen LogP contribution in [0.4, 0.5) is 10.5 Å². The van der Waals surface area contributed by atoms with Crippen molar-refractivity contribution in [2.45, 2.75) is 0 Å². The van der Waals surface area contributed by atoms with Crippen LogP contribution in [0.25, 0.3) is 10.9 Å². The monoisotopic (exact) mass is 244 g/mol. The minimum absolute atomic E-state index is 0.573. The molecule has 0 atom stereocenters. The van der Waals surface area contributed by atoms with Crippen molar-refractivity contribution in [2.75, 3.05) is 5.32 Å². The van der Waals surface area contributed by atoms with Crippen molar-refractivity contribution in [3.05, 3.63) is 42.7 Å². The number of urea groups is 1. The van der Waals surface area contributed by atoms with E-state index < -0.39 is 11.9 Å². The fraction of sp³-hybridized carbons (Fsp3) is 0. The van der Waals surface area contributed by atoms with E-state index in [9.17, 15) is 9.59 Å².